The largest absolute Gasteiger partial charge is 0.465 e. The number of halogens is 1. The Labute approximate surface area is 219 Å². The van der Waals surface area contributed by atoms with Gasteiger partial charge in [-0.25, -0.2) is 19.2 Å². The minimum Gasteiger partial charge on any atom is -0.465 e. The quantitative estimate of drug-likeness (QED) is 0.394. The number of hydrogen-bond acceptors (Lipinski definition) is 6. The molecule has 0 atom stereocenters. The Kier molecular flexibility index (Phi) is 6.94. The van der Waals surface area contributed by atoms with Gasteiger partial charge in [0.2, 0.25) is 0 Å². The van der Waals surface area contributed by atoms with Gasteiger partial charge in [0.25, 0.3) is 0 Å². The van der Waals surface area contributed by atoms with Crippen LogP contribution >= 0.6 is 0 Å². The van der Waals surface area contributed by atoms with E-state index in [1.165, 1.54) is 6.07 Å². The molecule has 2 aromatic carbocycles. The second kappa shape index (κ2) is 10.5. The second-order valence-electron chi connectivity index (χ2n) is 9.62. The Morgan fingerprint density at radius 2 is 1.89 bits per heavy atom. The summed E-state index contributed by atoms with van der Waals surface area (Å²) in [5, 5.41) is 20.4. The number of benzene rings is 2. The van der Waals surface area contributed by atoms with Crippen molar-refractivity contribution in [3.05, 3.63) is 71.9 Å². The molecule has 0 unspecified atom stereocenters. The first-order valence-corrected chi connectivity index (χ1v) is 12.4. The average molecular weight is 514 g/mol. The van der Waals surface area contributed by atoms with Crippen LogP contribution in [0.4, 0.5) is 15.0 Å². The fourth-order valence-corrected chi connectivity index (χ4v) is 4.98. The van der Waals surface area contributed by atoms with Crippen molar-refractivity contribution in [3.8, 4) is 28.6 Å². The molecule has 1 aliphatic rings. The first-order valence-electron chi connectivity index (χ1n) is 12.4. The molecule has 1 aliphatic heterocycles. The number of carbonyl (C=O) groups is 1. The van der Waals surface area contributed by atoms with Crippen molar-refractivity contribution in [2.24, 2.45) is 0 Å². The summed E-state index contributed by atoms with van der Waals surface area (Å²) in [5.41, 5.74) is 4.26. The number of hydrogen-bond donors (Lipinski definition) is 2. The molecule has 38 heavy (non-hydrogen) atoms. The molecule has 2 aromatic heterocycles. The van der Waals surface area contributed by atoms with Crippen molar-refractivity contribution >= 4 is 17.4 Å². The van der Waals surface area contributed by atoms with Gasteiger partial charge in [-0.2, -0.15) is 5.26 Å². The van der Waals surface area contributed by atoms with Crippen molar-refractivity contribution in [2.45, 2.75) is 25.4 Å². The number of aromatic nitrogens is 3. The number of piperidine rings is 1. The van der Waals surface area contributed by atoms with Crippen LogP contribution in [0.2, 0.25) is 0 Å². The van der Waals surface area contributed by atoms with Crippen LogP contribution in [0.25, 0.3) is 28.0 Å². The summed E-state index contributed by atoms with van der Waals surface area (Å²) in [7, 11) is 4.21. The fourth-order valence-electron chi connectivity index (χ4n) is 4.98. The molecular weight excluding hydrogens is 485 g/mol. The van der Waals surface area contributed by atoms with E-state index in [1.807, 2.05) is 16.5 Å². The monoisotopic (exact) mass is 513 g/mol. The Morgan fingerprint density at radius 1 is 1.18 bits per heavy atom. The lowest BCUT2D eigenvalue weighted by Gasteiger charge is -2.36. The zero-order valence-electron chi connectivity index (χ0n) is 21.2. The van der Waals surface area contributed by atoms with Crippen molar-refractivity contribution in [3.63, 3.8) is 0 Å². The first-order chi connectivity index (χ1) is 18.4. The van der Waals surface area contributed by atoms with E-state index in [-0.39, 0.29) is 12.1 Å². The maximum atomic E-state index is 15.1. The van der Waals surface area contributed by atoms with Crippen LogP contribution in [0, 0.1) is 17.1 Å². The molecule has 0 saturated carbocycles. The third-order valence-electron chi connectivity index (χ3n) is 7.09. The van der Waals surface area contributed by atoms with E-state index >= 15 is 4.39 Å². The number of carboxylic acid groups (broad SMARTS) is 1. The Morgan fingerprint density at radius 3 is 2.53 bits per heavy atom. The van der Waals surface area contributed by atoms with Crippen molar-refractivity contribution in [1.82, 2.24) is 24.6 Å². The Balaban J connectivity index is 1.65. The smallest absolute Gasteiger partial charge is 0.404 e. The second-order valence-corrected chi connectivity index (χ2v) is 9.62. The molecule has 9 nitrogen and oxygen atoms in total. The molecule has 2 N–H and O–H groups in total. The van der Waals surface area contributed by atoms with Crippen LogP contribution in [0.5, 0.6) is 0 Å². The van der Waals surface area contributed by atoms with E-state index in [1.54, 1.807) is 36.8 Å². The first kappa shape index (κ1) is 25.2. The van der Waals surface area contributed by atoms with E-state index in [9.17, 15) is 10.1 Å². The van der Waals surface area contributed by atoms with E-state index in [0.717, 1.165) is 42.8 Å². The molecule has 1 fully saturated rings. The number of rotatable bonds is 6. The lowest BCUT2D eigenvalue weighted by atomic mass is 10.0. The van der Waals surface area contributed by atoms with Gasteiger partial charge in [-0.1, -0.05) is 24.3 Å². The average Bonchev–Trinajstić information content (AvgIpc) is 3.41. The predicted octanol–water partition coefficient (Wildman–Crippen LogP) is 4.37. The van der Waals surface area contributed by atoms with E-state index in [0.29, 0.717) is 28.6 Å². The molecule has 5 rings (SSSR count). The van der Waals surface area contributed by atoms with Crippen LogP contribution in [0.1, 0.15) is 24.0 Å². The number of nitrogens with zero attached hydrogens (tertiary/aromatic N) is 6. The number of amides is 1. The maximum absolute atomic E-state index is 15.1. The van der Waals surface area contributed by atoms with Crippen molar-refractivity contribution in [1.29, 1.82) is 5.26 Å². The highest BCUT2D eigenvalue weighted by molar-refractivity contribution is 5.85. The van der Waals surface area contributed by atoms with Crippen molar-refractivity contribution in [2.75, 3.05) is 32.1 Å². The fraction of sp³-hybridized carbons (Fsp3) is 0.286. The standard InChI is InChI=1S/C28H28FN7O2/c1-34(2)22-9-11-35(12-10-22)27-24-16-31-17-36(24)26(25(33-27)19-5-3-18(14-30)4-6-19)20-7-8-21(23(29)13-20)15-32-28(37)38/h3-8,13,16-17,22,32H,9-12,15H2,1-2H3,(H,37,38). The summed E-state index contributed by atoms with van der Waals surface area (Å²) in [6.45, 7) is 1.57. The summed E-state index contributed by atoms with van der Waals surface area (Å²) in [5.74, 6) is 0.288. The minimum absolute atomic E-state index is 0.134. The molecule has 0 spiro atoms. The zero-order chi connectivity index (χ0) is 26.8. The number of nitrogens with one attached hydrogen (secondary N) is 1. The molecular formula is C28H28FN7O2. The normalized spacial score (nSPS) is 14.1. The minimum atomic E-state index is -1.22. The predicted molar refractivity (Wildman–Crippen MR) is 142 cm³/mol. The molecule has 10 heteroatoms. The van der Waals surface area contributed by atoms with Gasteiger partial charge in [0.1, 0.15) is 11.3 Å². The molecule has 3 heterocycles. The molecule has 0 radical (unpaired) electrons. The SMILES string of the molecule is CN(C)C1CCN(c2nc(-c3ccc(C#N)cc3)c(-c3ccc(CNC(=O)O)c(F)c3)n3cncc23)CC1. The molecule has 1 amide bonds. The third-order valence-corrected chi connectivity index (χ3v) is 7.09. The summed E-state index contributed by atoms with van der Waals surface area (Å²) in [6, 6.07) is 14.5. The molecule has 1 saturated heterocycles. The van der Waals surface area contributed by atoms with Gasteiger partial charge < -0.3 is 20.2 Å². The molecule has 0 aliphatic carbocycles. The van der Waals surface area contributed by atoms with E-state index < -0.39 is 11.9 Å². The van der Waals surface area contributed by atoms with Gasteiger partial charge in [-0.05, 0) is 45.1 Å². The zero-order valence-corrected chi connectivity index (χ0v) is 21.2. The van der Waals surface area contributed by atoms with Crippen LogP contribution < -0.4 is 10.2 Å². The highest BCUT2D eigenvalue weighted by Gasteiger charge is 2.26. The summed E-state index contributed by atoms with van der Waals surface area (Å²) < 4.78 is 17.0. The highest BCUT2D eigenvalue weighted by atomic mass is 19.1. The Bertz CT molecular complexity index is 1520. The highest BCUT2D eigenvalue weighted by Crippen LogP contribution is 2.36. The molecule has 4 aromatic rings. The van der Waals surface area contributed by atoms with Crippen LogP contribution in [0.3, 0.4) is 0 Å². The van der Waals surface area contributed by atoms with E-state index in [4.69, 9.17) is 10.1 Å². The van der Waals surface area contributed by atoms with Crippen LogP contribution in [-0.4, -0.2) is 63.7 Å². The number of nitriles is 1. The van der Waals surface area contributed by atoms with Gasteiger partial charge in [-0.3, -0.25) is 4.40 Å². The summed E-state index contributed by atoms with van der Waals surface area (Å²) >= 11 is 0. The summed E-state index contributed by atoms with van der Waals surface area (Å²) in [4.78, 5) is 25.0. The van der Waals surface area contributed by atoms with Crippen LogP contribution in [0.15, 0.2) is 55.0 Å². The number of imidazole rings is 1. The van der Waals surface area contributed by atoms with Crippen molar-refractivity contribution < 1.29 is 14.3 Å². The number of fused-ring (bicyclic) bond motifs is 1. The molecule has 194 valence electrons. The lowest BCUT2D eigenvalue weighted by Crippen LogP contribution is -2.42. The van der Waals surface area contributed by atoms with Gasteiger partial charge in [0.05, 0.1) is 35.5 Å². The van der Waals surface area contributed by atoms with Gasteiger partial charge in [-0.15, -0.1) is 0 Å². The lowest BCUT2D eigenvalue weighted by molar-refractivity contribution is 0.194. The topological polar surface area (TPSA) is 110 Å². The van der Waals surface area contributed by atoms with Gasteiger partial charge in [0, 0.05) is 42.4 Å². The number of anilines is 1. The molecule has 0 bridgehead atoms. The van der Waals surface area contributed by atoms with Crippen LogP contribution in [-0.2, 0) is 6.54 Å². The maximum Gasteiger partial charge on any atom is 0.404 e. The van der Waals surface area contributed by atoms with Gasteiger partial charge >= 0.3 is 6.09 Å². The van der Waals surface area contributed by atoms with Gasteiger partial charge in [0.15, 0.2) is 5.82 Å². The summed E-state index contributed by atoms with van der Waals surface area (Å²) in [6.07, 6.45) is 4.28. The Hall–Kier alpha value is -4.49. The van der Waals surface area contributed by atoms with E-state index in [2.05, 4.69) is 40.3 Å². The third kappa shape index (κ3) is 4.88.